The van der Waals surface area contributed by atoms with E-state index in [2.05, 4.69) is 6.92 Å². The SMILES string of the molecule is CCCCCCCCCCCCOC(=O)CC.O=S(=O)(O)O. The van der Waals surface area contributed by atoms with Crippen LogP contribution in [0.15, 0.2) is 0 Å². The minimum Gasteiger partial charge on any atom is -0.466 e. The molecular weight excluding hydrogens is 308 g/mol. The van der Waals surface area contributed by atoms with Crippen molar-refractivity contribution >= 4 is 16.4 Å². The molecular formula is C15H32O6S. The molecule has 0 aromatic rings. The molecule has 0 amide bonds. The summed E-state index contributed by atoms with van der Waals surface area (Å²) in [6, 6.07) is 0. The fourth-order valence-electron chi connectivity index (χ4n) is 1.88. The first-order valence-corrected chi connectivity index (χ1v) is 9.56. The molecule has 0 atom stereocenters. The summed E-state index contributed by atoms with van der Waals surface area (Å²) in [5.74, 6) is -0.0686. The zero-order valence-corrected chi connectivity index (χ0v) is 14.7. The van der Waals surface area contributed by atoms with Crippen molar-refractivity contribution in [3.8, 4) is 0 Å². The van der Waals surface area contributed by atoms with E-state index in [-0.39, 0.29) is 5.97 Å². The van der Waals surface area contributed by atoms with Crippen LogP contribution in [-0.2, 0) is 19.9 Å². The van der Waals surface area contributed by atoms with Crippen molar-refractivity contribution in [2.45, 2.75) is 84.5 Å². The van der Waals surface area contributed by atoms with Gasteiger partial charge in [0.1, 0.15) is 0 Å². The van der Waals surface area contributed by atoms with Crippen molar-refractivity contribution in [3.63, 3.8) is 0 Å². The number of esters is 1. The van der Waals surface area contributed by atoms with E-state index in [1.165, 1.54) is 57.8 Å². The van der Waals surface area contributed by atoms with Crippen molar-refractivity contribution in [1.29, 1.82) is 0 Å². The lowest BCUT2D eigenvalue weighted by Gasteiger charge is -2.03. The Balaban J connectivity index is 0. The second kappa shape index (κ2) is 16.7. The molecule has 0 fully saturated rings. The third-order valence-corrected chi connectivity index (χ3v) is 3.05. The Morgan fingerprint density at radius 3 is 1.55 bits per heavy atom. The third kappa shape index (κ3) is 31.6. The van der Waals surface area contributed by atoms with Gasteiger partial charge in [-0.05, 0) is 6.42 Å². The highest BCUT2D eigenvalue weighted by molar-refractivity contribution is 7.79. The second-order valence-electron chi connectivity index (χ2n) is 5.20. The maximum Gasteiger partial charge on any atom is 0.394 e. The fraction of sp³-hybridized carbons (Fsp3) is 0.933. The van der Waals surface area contributed by atoms with E-state index >= 15 is 0 Å². The van der Waals surface area contributed by atoms with Crippen LogP contribution in [0.25, 0.3) is 0 Å². The summed E-state index contributed by atoms with van der Waals surface area (Å²) in [6.07, 6.45) is 13.7. The molecule has 0 saturated heterocycles. The molecule has 0 heterocycles. The summed E-state index contributed by atoms with van der Waals surface area (Å²) in [5.41, 5.74) is 0. The van der Waals surface area contributed by atoms with Crippen molar-refractivity contribution in [2.75, 3.05) is 6.61 Å². The van der Waals surface area contributed by atoms with Crippen LogP contribution in [0.3, 0.4) is 0 Å². The number of carbonyl (C=O) groups excluding carboxylic acids is 1. The van der Waals surface area contributed by atoms with Crippen molar-refractivity contribution < 1.29 is 27.1 Å². The number of rotatable bonds is 12. The summed E-state index contributed by atoms with van der Waals surface area (Å²) in [4.78, 5) is 10.8. The van der Waals surface area contributed by atoms with E-state index < -0.39 is 10.4 Å². The molecule has 0 spiro atoms. The normalized spacial score (nSPS) is 10.7. The Bertz CT molecular complexity index is 332. The quantitative estimate of drug-likeness (QED) is 0.313. The molecule has 2 N–H and O–H groups in total. The lowest BCUT2D eigenvalue weighted by molar-refractivity contribution is -0.143. The van der Waals surface area contributed by atoms with Crippen LogP contribution in [0.4, 0.5) is 0 Å². The van der Waals surface area contributed by atoms with Gasteiger partial charge in [-0.3, -0.25) is 13.9 Å². The predicted molar refractivity (Wildman–Crippen MR) is 87.3 cm³/mol. The van der Waals surface area contributed by atoms with Crippen LogP contribution in [0, 0.1) is 0 Å². The van der Waals surface area contributed by atoms with E-state index in [4.69, 9.17) is 22.3 Å². The maximum absolute atomic E-state index is 10.8. The van der Waals surface area contributed by atoms with Gasteiger partial charge in [0.25, 0.3) is 0 Å². The molecule has 0 aromatic heterocycles. The summed E-state index contributed by atoms with van der Waals surface area (Å²) < 4.78 is 36.6. The van der Waals surface area contributed by atoms with Crippen LogP contribution in [0.2, 0.25) is 0 Å². The average molecular weight is 340 g/mol. The van der Waals surface area contributed by atoms with Gasteiger partial charge < -0.3 is 4.74 Å². The summed E-state index contributed by atoms with van der Waals surface area (Å²) >= 11 is 0. The van der Waals surface area contributed by atoms with Gasteiger partial charge in [-0.1, -0.05) is 71.6 Å². The van der Waals surface area contributed by atoms with E-state index in [1.807, 2.05) is 6.92 Å². The number of hydrogen-bond acceptors (Lipinski definition) is 4. The first-order chi connectivity index (χ1) is 10.3. The highest BCUT2D eigenvalue weighted by Gasteiger charge is 1.97. The third-order valence-electron chi connectivity index (χ3n) is 3.05. The van der Waals surface area contributed by atoms with Crippen LogP contribution < -0.4 is 0 Å². The summed E-state index contributed by atoms with van der Waals surface area (Å²) in [5, 5.41) is 0. The first-order valence-electron chi connectivity index (χ1n) is 8.16. The molecule has 6 nitrogen and oxygen atoms in total. The summed E-state index contributed by atoms with van der Waals surface area (Å²) in [7, 11) is -4.67. The maximum atomic E-state index is 10.8. The van der Waals surface area contributed by atoms with Crippen molar-refractivity contribution in [3.05, 3.63) is 0 Å². The highest BCUT2D eigenvalue weighted by atomic mass is 32.3. The summed E-state index contributed by atoms with van der Waals surface area (Å²) in [6.45, 7) is 4.70. The largest absolute Gasteiger partial charge is 0.466 e. The van der Waals surface area contributed by atoms with Crippen LogP contribution in [0.5, 0.6) is 0 Å². The molecule has 0 aliphatic carbocycles. The molecule has 0 unspecified atom stereocenters. The van der Waals surface area contributed by atoms with Crippen molar-refractivity contribution in [1.82, 2.24) is 0 Å². The molecule has 7 heteroatoms. The van der Waals surface area contributed by atoms with Gasteiger partial charge in [0.15, 0.2) is 0 Å². The molecule has 22 heavy (non-hydrogen) atoms. The Hall–Kier alpha value is -0.660. The zero-order valence-electron chi connectivity index (χ0n) is 13.9. The monoisotopic (exact) mass is 340 g/mol. The molecule has 0 aromatic carbocycles. The van der Waals surface area contributed by atoms with Crippen molar-refractivity contribution in [2.24, 2.45) is 0 Å². The molecule has 0 rings (SSSR count). The van der Waals surface area contributed by atoms with Gasteiger partial charge in [0.05, 0.1) is 6.61 Å². The average Bonchev–Trinajstić information content (AvgIpc) is 2.42. The lowest BCUT2D eigenvalue weighted by atomic mass is 10.1. The number of unbranched alkanes of at least 4 members (excludes halogenated alkanes) is 9. The van der Waals surface area contributed by atoms with E-state index in [1.54, 1.807) is 0 Å². The minimum absolute atomic E-state index is 0.0686. The molecule has 0 aliphatic rings. The van der Waals surface area contributed by atoms with E-state index in [0.717, 1.165) is 6.42 Å². The zero-order chi connectivity index (χ0) is 17.3. The van der Waals surface area contributed by atoms with E-state index in [9.17, 15) is 4.79 Å². The smallest absolute Gasteiger partial charge is 0.394 e. The van der Waals surface area contributed by atoms with Gasteiger partial charge in [0, 0.05) is 6.42 Å². The first kappa shape index (κ1) is 23.6. The Labute approximate surface area is 135 Å². The Kier molecular flexibility index (Phi) is 17.9. The molecule has 0 saturated carbocycles. The van der Waals surface area contributed by atoms with Gasteiger partial charge in [-0.15, -0.1) is 0 Å². The van der Waals surface area contributed by atoms with Crippen LogP contribution >= 0.6 is 0 Å². The van der Waals surface area contributed by atoms with Gasteiger partial charge in [0.2, 0.25) is 0 Å². The Morgan fingerprint density at radius 1 is 0.818 bits per heavy atom. The van der Waals surface area contributed by atoms with E-state index in [0.29, 0.717) is 13.0 Å². The second-order valence-corrected chi connectivity index (χ2v) is 6.10. The highest BCUT2D eigenvalue weighted by Crippen LogP contribution is 2.10. The standard InChI is InChI=1S/C15H30O2.H2O4S/c1-3-5-6-7-8-9-10-11-12-13-14-17-15(16)4-2;1-5(2,3)4/h3-14H2,1-2H3;(H2,1,2,3,4). The lowest BCUT2D eigenvalue weighted by Crippen LogP contribution is -2.03. The predicted octanol–water partition coefficient (Wildman–Crippen LogP) is 4.21. The van der Waals surface area contributed by atoms with Gasteiger partial charge in [-0.2, -0.15) is 8.42 Å². The molecule has 134 valence electrons. The minimum atomic E-state index is -4.67. The number of carbonyl (C=O) groups is 1. The molecule has 0 bridgehead atoms. The molecule has 0 aliphatic heterocycles. The topological polar surface area (TPSA) is 101 Å². The van der Waals surface area contributed by atoms with Crippen LogP contribution in [0.1, 0.15) is 84.5 Å². The Morgan fingerprint density at radius 2 is 1.18 bits per heavy atom. The number of hydrogen-bond donors (Lipinski definition) is 2. The molecule has 0 radical (unpaired) electrons. The van der Waals surface area contributed by atoms with Gasteiger partial charge in [-0.25, -0.2) is 0 Å². The number of ether oxygens (including phenoxy) is 1. The fourth-order valence-corrected chi connectivity index (χ4v) is 1.88. The van der Waals surface area contributed by atoms with Gasteiger partial charge >= 0.3 is 16.4 Å². The van der Waals surface area contributed by atoms with Crippen LogP contribution in [-0.4, -0.2) is 30.1 Å².